The molecule has 0 aromatic heterocycles. The van der Waals surface area contributed by atoms with Gasteiger partial charge in [0.1, 0.15) is 23.7 Å². The third-order valence-corrected chi connectivity index (χ3v) is 4.99. The number of hydrogen-bond acceptors (Lipinski definition) is 4. The fraction of sp³-hybridized carbons (Fsp3) is 0.0417. The van der Waals surface area contributed by atoms with Crippen LogP contribution in [0, 0.1) is 5.82 Å². The van der Waals surface area contributed by atoms with E-state index in [0.717, 1.165) is 10.5 Å². The number of urea groups is 1. The number of imide groups is 2. The second-order valence-electron chi connectivity index (χ2n) is 6.90. The van der Waals surface area contributed by atoms with E-state index < -0.39 is 17.8 Å². The molecule has 1 N–H and O–H groups in total. The lowest BCUT2D eigenvalue weighted by Gasteiger charge is -2.26. The number of barbiturate groups is 1. The molecule has 8 heteroatoms. The first-order chi connectivity index (χ1) is 15.4. The Balaban J connectivity index is 1.55. The molecule has 160 valence electrons. The number of ether oxygens (including phenoxy) is 1. The molecule has 1 heterocycles. The number of hydrogen-bond donors (Lipinski definition) is 1. The minimum Gasteiger partial charge on any atom is -0.487 e. The van der Waals surface area contributed by atoms with E-state index in [0.29, 0.717) is 17.0 Å². The van der Waals surface area contributed by atoms with Crippen molar-refractivity contribution >= 4 is 41.2 Å². The SMILES string of the molecule is O=C1NC(=O)N(c2ccccc2)C(=O)/C1=C/c1ccc(OCc2ccc(F)cc2)c(Cl)c1. The van der Waals surface area contributed by atoms with E-state index in [2.05, 4.69) is 5.32 Å². The van der Waals surface area contributed by atoms with Gasteiger partial charge in [-0.1, -0.05) is 48.0 Å². The van der Waals surface area contributed by atoms with E-state index >= 15 is 0 Å². The van der Waals surface area contributed by atoms with Gasteiger partial charge in [0, 0.05) is 0 Å². The second-order valence-corrected chi connectivity index (χ2v) is 7.31. The summed E-state index contributed by atoms with van der Waals surface area (Å²) >= 11 is 6.29. The van der Waals surface area contributed by atoms with Gasteiger partial charge in [-0.15, -0.1) is 0 Å². The van der Waals surface area contributed by atoms with E-state index in [1.807, 2.05) is 0 Å². The fourth-order valence-corrected chi connectivity index (χ4v) is 3.34. The molecule has 0 bridgehead atoms. The summed E-state index contributed by atoms with van der Waals surface area (Å²) in [5.74, 6) is -1.48. The van der Waals surface area contributed by atoms with Crippen molar-refractivity contribution in [3.8, 4) is 5.75 Å². The lowest BCUT2D eigenvalue weighted by molar-refractivity contribution is -0.122. The van der Waals surface area contributed by atoms with E-state index in [1.54, 1.807) is 60.7 Å². The summed E-state index contributed by atoms with van der Waals surface area (Å²) < 4.78 is 18.7. The van der Waals surface area contributed by atoms with Gasteiger partial charge in [-0.3, -0.25) is 14.9 Å². The average molecular weight is 451 g/mol. The Morgan fingerprint density at radius 1 is 0.969 bits per heavy atom. The number of benzene rings is 3. The highest BCUT2D eigenvalue weighted by Crippen LogP contribution is 2.28. The molecular formula is C24H16ClFN2O4. The minimum atomic E-state index is -0.814. The third kappa shape index (κ3) is 4.53. The van der Waals surface area contributed by atoms with Crippen molar-refractivity contribution in [3.63, 3.8) is 0 Å². The summed E-state index contributed by atoms with van der Waals surface area (Å²) in [6, 6.07) is 18.1. The summed E-state index contributed by atoms with van der Waals surface area (Å²) in [5, 5.41) is 2.44. The van der Waals surface area contributed by atoms with E-state index in [1.165, 1.54) is 18.2 Å². The van der Waals surface area contributed by atoms with E-state index in [9.17, 15) is 18.8 Å². The highest BCUT2D eigenvalue weighted by Gasteiger charge is 2.36. The van der Waals surface area contributed by atoms with Crippen LogP contribution >= 0.6 is 11.6 Å². The van der Waals surface area contributed by atoms with Gasteiger partial charge in [0.2, 0.25) is 0 Å². The van der Waals surface area contributed by atoms with Gasteiger partial charge >= 0.3 is 6.03 Å². The molecule has 0 aliphatic carbocycles. The van der Waals surface area contributed by atoms with Gasteiger partial charge in [-0.25, -0.2) is 14.1 Å². The first-order valence-electron chi connectivity index (χ1n) is 9.55. The van der Waals surface area contributed by atoms with Crippen molar-refractivity contribution in [2.24, 2.45) is 0 Å². The number of carbonyl (C=O) groups excluding carboxylic acids is 3. The Kier molecular flexibility index (Phi) is 6.00. The smallest absolute Gasteiger partial charge is 0.335 e. The number of carbonyl (C=O) groups is 3. The van der Waals surface area contributed by atoms with Crippen LogP contribution in [0.2, 0.25) is 5.02 Å². The molecule has 1 fully saturated rings. The topological polar surface area (TPSA) is 75.7 Å². The van der Waals surface area contributed by atoms with Crippen LogP contribution in [-0.2, 0) is 16.2 Å². The predicted octanol–water partition coefficient (Wildman–Crippen LogP) is 4.72. The summed E-state index contributed by atoms with van der Waals surface area (Å²) in [6.07, 6.45) is 1.36. The molecule has 32 heavy (non-hydrogen) atoms. The molecule has 1 saturated heterocycles. The summed E-state index contributed by atoms with van der Waals surface area (Å²) in [7, 11) is 0. The van der Waals surface area contributed by atoms with Crippen molar-refractivity contribution in [1.29, 1.82) is 0 Å². The maximum atomic E-state index is 13.0. The molecule has 1 aliphatic heterocycles. The minimum absolute atomic E-state index is 0.190. The van der Waals surface area contributed by atoms with Crippen LogP contribution in [0.4, 0.5) is 14.9 Å². The van der Waals surface area contributed by atoms with Gasteiger partial charge in [0.15, 0.2) is 0 Å². The third-order valence-electron chi connectivity index (χ3n) is 4.69. The van der Waals surface area contributed by atoms with Crippen LogP contribution < -0.4 is 15.0 Å². The quantitative estimate of drug-likeness (QED) is 0.450. The maximum Gasteiger partial charge on any atom is 0.335 e. The first kappa shape index (κ1) is 21.3. The number of nitrogens with zero attached hydrogens (tertiary/aromatic N) is 1. The lowest BCUT2D eigenvalue weighted by Crippen LogP contribution is -2.54. The Hall–Kier alpha value is -3.97. The average Bonchev–Trinajstić information content (AvgIpc) is 2.78. The Morgan fingerprint density at radius 3 is 2.38 bits per heavy atom. The van der Waals surface area contributed by atoms with Crippen LogP contribution in [0.25, 0.3) is 6.08 Å². The predicted molar refractivity (Wildman–Crippen MR) is 118 cm³/mol. The normalized spacial score (nSPS) is 15.1. The molecule has 3 aromatic rings. The maximum absolute atomic E-state index is 13.0. The Labute approximate surface area is 187 Å². The molecule has 4 rings (SSSR count). The molecule has 1 aliphatic rings. The molecule has 0 atom stereocenters. The zero-order chi connectivity index (χ0) is 22.7. The van der Waals surface area contributed by atoms with Gasteiger partial charge in [-0.05, 0) is 53.6 Å². The molecular weight excluding hydrogens is 435 g/mol. The van der Waals surface area contributed by atoms with Gasteiger partial charge in [0.25, 0.3) is 11.8 Å². The number of nitrogens with one attached hydrogen (secondary N) is 1. The zero-order valence-corrected chi connectivity index (χ0v) is 17.3. The highest BCUT2D eigenvalue weighted by molar-refractivity contribution is 6.39. The van der Waals surface area contributed by atoms with Crippen molar-refractivity contribution in [2.75, 3.05) is 4.90 Å². The van der Waals surface area contributed by atoms with Crippen molar-refractivity contribution in [3.05, 3.63) is 100 Å². The van der Waals surface area contributed by atoms with Gasteiger partial charge < -0.3 is 4.74 Å². The Morgan fingerprint density at radius 2 is 1.69 bits per heavy atom. The summed E-state index contributed by atoms with van der Waals surface area (Å²) in [5.41, 5.74) is 1.38. The molecule has 0 radical (unpaired) electrons. The van der Waals surface area contributed by atoms with Crippen LogP contribution in [0.5, 0.6) is 5.75 Å². The van der Waals surface area contributed by atoms with Crippen LogP contribution in [0.15, 0.2) is 78.4 Å². The highest BCUT2D eigenvalue weighted by atomic mass is 35.5. The van der Waals surface area contributed by atoms with Crippen LogP contribution in [0.3, 0.4) is 0 Å². The monoisotopic (exact) mass is 450 g/mol. The molecule has 6 nitrogen and oxygen atoms in total. The second kappa shape index (κ2) is 9.03. The van der Waals surface area contributed by atoms with Gasteiger partial charge in [-0.2, -0.15) is 0 Å². The molecule has 0 unspecified atom stereocenters. The summed E-state index contributed by atoms with van der Waals surface area (Å²) in [4.78, 5) is 38.3. The molecule has 0 saturated carbocycles. The lowest BCUT2D eigenvalue weighted by atomic mass is 10.1. The first-order valence-corrected chi connectivity index (χ1v) is 9.93. The van der Waals surface area contributed by atoms with Crippen molar-refractivity contribution in [1.82, 2.24) is 5.32 Å². The number of rotatable bonds is 5. The zero-order valence-electron chi connectivity index (χ0n) is 16.5. The Bertz CT molecular complexity index is 1230. The largest absolute Gasteiger partial charge is 0.487 e. The number of amides is 4. The van der Waals surface area contributed by atoms with Crippen LogP contribution in [-0.4, -0.2) is 17.8 Å². The van der Waals surface area contributed by atoms with E-state index in [4.69, 9.17) is 16.3 Å². The van der Waals surface area contributed by atoms with Crippen molar-refractivity contribution < 1.29 is 23.5 Å². The number of para-hydroxylation sites is 1. The van der Waals surface area contributed by atoms with Gasteiger partial charge in [0.05, 0.1) is 10.7 Å². The molecule has 3 aromatic carbocycles. The van der Waals surface area contributed by atoms with Crippen molar-refractivity contribution in [2.45, 2.75) is 6.61 Å². The fourth-order valence-electron chi connectivity index (χ4n) is 3.10. The number of halogens is 2. The standard InChI is InChI=1S/C24H16ClFN2O4/c25-20-13-16(8-11-21(20)32-14-15-6-9-17(26)10-7-15)12-19-22(29)27-24(31)28(23(19)30)18-4-2-1-3-5-18/h1-13H,14H2,(H,27,29,31)/b19-12+. The summed E-state index contributed by atoms with van der Waals surface area (Å²) in [6.45, 7) is 0.190. The van der Waals surface area contributed by atoms with Crippen LogP contribution in [0.1, 0.15) is 11.1 Å². The molecule has 4 amide bonds. The number of anilines is 1. The molecule has 0 spiro atoms. The van der Waals surface area contributed by atoms with E-state index in [-0.39, 0.29) is 23.0 Å².